The lowest BCUT2D eigenvalue weighted by Crippen LogP contribution is -2.33. The molecule has 1 aliphatic rings. The lowest BCUT2D eigenvalue weighted by atomic mass is 10.2. The lowest BCUT2D eigenvalue weighted by molar-refractivity contribution is -0.114. The number of nitrogens with one attached hydrogen (secondary N) is 1. The fourth-order valence-electron chi connectivity index (χ4n) is 2.58. The Labute approximate surface area is 143 Å². The maximum absolute atomic E-state index is 13.0. The van der Waals surface area contributed by atoms with Crippen molar-refractivity contribution in [1.82, 2.24) is 15.4 Å². The average molecular weight is 334 g/mol. The molecule has 1 aliphatic heterocycles. The fourth-order valence-corrected chi connectivity index (χ4v) is 3.64. The van der Waals surface area contributed by atoms with Gasteiger partial charge in [-0.05, 0) is 23.8 Å². The molecule has 1 aromatic heterocycles. The number of carbonyl (C=O) groups is 1. The molecule has 0 unspecified atom stereocenters. The normalized spacial score (nSPS) is 15.6. The summed E-state index contributed by atoms with van der Waals surface area (Å²) < 4.78 is 0. The summed E-state index contributed by atoms with van der Waals surface area (Å²) in [5, 5.41) is 10.5. The summed E-state index contributed by atoms with van der Waals surface area (Å²) in [4.78, 5) is 16.5. The van der Waals surface area contributed by atoms with Gasteiger partial charge in [0.2, 0.25) is 0 Å². The SMILES string of the molecule is O=C1/C(=C/c2ccccc2)Sc2ccccc2N1Cc1cn[nH]n1. The third-order valence-corrected chi connectivity index (χ3v) is 4.79. The third-order valence-electron chi connectivity index (χ3n) is 3.71. The Bertz CT molecular complexity index is 890. The highest BCUT2D eigenvalue weighted by Gasteiger charge is 2.29. The monoisotopic (exact) mass is 334 g/mol. The Hall–Kier alpha value is -2.86. The zero-order valence-electron chi connectivity index (χ0n) is 12.7. The van der Waals surface area contributed by atoms with E-state index in [0.717, 1.165) is 21.8 Å². The number of benzene rings is 2. The van der Waals surface area contributed by atoms with Crippen LogP contribution in [0.3, 0.4) is 0 Å². The summed E-state index contributed by atoms with van der Waals surface area (Å²) in [6, 6.07) is 17.8. The number of thioether (sulfide) groups is 1. The molecule has 0 saturated heterocycles. The predicted molar refractivity (Wildman–Crippen MR) is 94.3 cm³/mol. The van der Waals surface area contributed by atoms with Crippen molar-refractivity contribution < 1.29 is 4.79 Å². The smallest absolute Gasteiger partial charge is 0.265 e. The quantitative estimate of drug-likeness (QED) is 0.745. The van der Waals surface area contributed by atoms with Crippen molar-refractivity contribution in [3.05, 3.63) is 77.0 Å². The topological polar surface area (TPSA) is 61.9 Å². The molecule has 6 heteroatoms. The van der Waals surface area contributed by atoms with Gasteiger partial charge in [-0.2, -0.15) is 15.4 Å². The average Bonchev–Trinajstić information content (AvgIpc) is 3.13. The minimum absolute atomic E-state index is 0.0226. The molecule has 2 heterocycles. The fraction of sp³-hybridized carbons (Fsp3) is 0.0556. The number of anilines is 1. The molecule has 3 aromatic rings. The van der Waals surface area contributed by atoms with Crippen LogP contribution in [0.1, 0.15) is 11.3 Å². The number of rotatable bonds is 3. The Morgan fingerprint density at radius 3 is 2.67 bits per heavy atom. The lowest BCUT2D eigenvalue weighted by Gasteiger charge is -2.29. The van der Waals surface area contributed by atoms with Crippen LogP contribution in [-0.2, 0) is 11.3 Å². The molecule has 5 nitrogen and oxygen atoms in total. The highest BCUT2D eigenvalue weighted by atomic mass is 32.2. The van der Waals surface area contributed by atoms with Crippen molar-refractivity contribution in [2.75, 3.05) is 4.90 Å². The van der Waals surface area contributed by atoms with Crippen LogP contribution in [0, 0.1) is 0 Å². The van der Waals surface area contributed by atoms with Crippen molar-refractivity contribution in [3.63, 3.8) is 0 Å². The molecule has 0 saturated carbocycles. The van der Waals surface area contributed by atoms with Crippen molar-refractivity contribution >= 4 is 29.4 Å². The Kier molecular flexibility index (Phi) is 3.88. The number of aromatic amines is 1. The van der Waals surface area contributed by atoms with E-state index in [4.69, 9.17) is 0 Å². The number of aromatic nitrogens is 3. The summed E-state index contributed by atoms with van der Waals surface area (Å²) in [5.41, 5.74) is 2.64. The van der Waals surface area contributed by atoms with Crippen LogP contribution in [0.2, 0.25) is 0 Å². The molecular weight excluding hydrogens is 320 g/mol. The van der Waals surface area contributed by atoms with Gasteiger partial charge in [0.05, 0.1) is 23.3 Å². The van der Waals surface area contributed by atoms with Crippen LogP contribution < -0.4 is 4.90 Å². The molecule has 0 bridgehead atoms. The van der Waals surface area contributed by atoms with Crippen molar-refractivity contribution in [2.45, 2.75) is 11.4 Å². The molecule has 0 atom stereocenters. The second-order valence-corrected chi connectivity index (χ2v) is 6.43. The molecule has 0 spiro atoms. The first-order chi connectivity index (χ1) is 11.8. The van der Waals surface area contributed by atoms with Gasteiger partial charge in [-0.25, -0.2) is 0 Å². The molecule has 24 heavy (non-hydrogen) atoms. The Balaban J connectivity index is 1.74. The minimum atomic E-state index is -0.0226. The van der Waals surface area contributed by atoms with E-state index in [1.54, 1.807) is 11.1 Å². The van der Waals surface area contributed by atoms with Gasteiger partial charge in [-0.1, -0.05) is 54.2 Å². The predicted octanol–water partition coefficient (Wildman–Crippen LogP) is 3.48. The summed E-state index contributed by atoms with van der Waals surface area (Å²) >= 11 is 1.50. The van der Waals surface area contributed by atoms with E-state index in [1.807, 2.05) is 60.7 Å². The van der Waals surface area contributed by atoms with Gasteiger partial charge in [0.15, 0.2) is 0 Å². The highest BCUT2D eigenvalue weighted by molar-refractivity contribution is 8.04. The van der Waals surface area contributed by atoms with E-state index >= 15 is 0 Å². The molecule has 0 fully saturated rings. The zero-order valence-corrected chi connectivity index (χ0v) is 13.5. The second-order valence-electron chi connectivity index (χ2n) is 5.34. The van der Waals surface area contributed by atoms with Crippen LogP contribution in [0.5, 0.6) is 0 Å². The first kappa shape index (κ1) is 14.7. The number of amides is 1. The van der Waals surface area contributed by atoms with Gasteiger partial charge < -0.3 is 4.90 Å². The number of hydrogen-bond acceptors (Lipinski definition) is 4. The summed E-state index contributed by atoms with van der Waals surface area (Å²) in [5.74, 6) is -0.0226. The van der Waals surface area contributed by atoms with E-state index in [2.05, 4.69) is 15.4 Å². The second kappa shape index (κ2) is 6.33. The van der Waals surface area contributed by atoms with Crippen LogP contribution in [-0.4, -0.2) is 21.3 Å². The standard InChI is InChI=1S/C18H14N4OS/c23-18-17(10-13-6-2-1-3-7-13)24-16-9-5-4-8-15(16)22(18)12-14-11-19-21-20-14/h1-11H,12H2,(H,19,20,21)/b17-10-. The maximum Gasteiger partial charge on any atom is 0.265 e. The molecule has 2 aromatic carbocycles. The van der Waals surface area contributed by atoms with Gasteiger partial charge in [0.25, 0.3) is 5.91 Å². The molecule has 4 rings (SSSR count). The molecule has 1 N–H and O–H groups in total. The van der Waals surface area contributed by atoms with Crippen LogP contribution >= 0.6 is 11.8 Å². The van der Waals surface area contributed by atoms with Gasteiger partial charge in [0.1, 0.15) is 5.69 Å². The third kappa shape index (κ3) is 2.83. The van der Waals surface area contributed by atoms with Crippen molar-refractivity contribution in [1.29, 1.82) is 0 Å². The van der Waals surface area contributed by atoms with Gasteiger partial charge >= 0.3 is 0 Å². The van der Waals surface area contributed by atoms with E-state index in [1.165, 1.54) is 11.8 Å². The van der Waals surface area contributed by atoms with Crippen LogP contribution in [0.25, 0.3) is 6.08 Å². The van der Waals surface area contributed by atoms with Gasteiger partial charge in [0, 0.05) is 4.90 Å². The van der Waals surface area contributed by atoms with E-state index in [0.29, 0.717) is 11.4 Å². The number of hydrogen-bond donors (Lipinski definition) is 1. The largest absolute Gasteiger partial charge is 0.301 e. The first-order valence-corrected chi connectivity index (χ1v) is 8.33. The zero-order chi connectivity index (χ0) is 16.4. The van der Waals surface area contributed by atoms with Crippen molar-refractivity contribution in [2.24, 2.45) is 0 Å². The van der Waals surface area contributed by atoms with Gasteiger partial charge in [-0.3, -0.25) is 4.79 Å². The number of H-pyrrole nitrogens is 1. The summed E-state index contributed by atoms with van der Waals surface area (Å²) in [6.45, 7) is 0.388. The number of fused-ring (bicyclic) bond motifs is 1. The maximum atomic E-state index is 13.0. The van der Waals surface area contributed by atoms with Crippen LogP contribution in [0.4, 0.5) is 5.69 Å². The molecule has 118 valence electrons. The molecular formula is C18H14N4OS. The summed E-state index contributed by atoms with van der Waals surface area (Å²) in [7, 11) is 0. The first-order valence-electron chi connectivity index (χ1n) is 7.51. The van der Waals surface area contributed by atoms with Crippen molar-refractivity contribution in [3.8, 4) is 0 Å². The summed E-state index contributed by atoms with van der Waals surface area (Å²) in [6.07, 6.45) is 3.57. The highest BCUT2D eigenvalue weighted by Crippen LogP contribution is 2.42. The molecule has 0 aliphatic carbocycles. The minimum Gasteiger partial charge on any atom is -0.301 e. The number of carbonyl (C=O) groups excluding carboxylic acids is 1. The van der Waals surface area contributed by atoms with Gasteiger partial charge in [-0.15, -0.1) is 0 Å². The Morgan fingerprint density at radius 2 is 1.88 bits per heavy atom. The van der Waals surface area contributed by atoms with E-state index in [-0.39, 0.29) is 5.91 Å². The van der Waals surface area contributed by atoms with E-state index in [9.17, 15) is 4.79 Å². The molecule has 0 radical (unpaired) electrons. The number of para-hydroxylation sites is 1. The van der Waals surface area contributed by atoms with E-state index < -0.39 is 0 Å². The van der Waals surface area contributed by atoms with Crippen LogP contribution in [0.15, 0.2) is 70.6 Å². The number of nitrogens with zero attached hydrogens (tertiary/aromatic N) is 3. The molecule has 1 amide bonds. The Morgan fingerprint density at radius 1 is 1.08 bits per heavy atom.